The number of aliphatic hydroxyl groups excluding tert-OH is 1. The van der Waals surface area contributed by atoms with Gasteiger partial charge >= 0.3 is 0 Å². The first-order valence-corrected chi connectivity index (χ1v) is 9.83. The number of benzene rings is 1. The van der Waals surface area contributed by atoms with Crippen molar-refractivity contribution in [2.45, 2.75) is 37.8 Å². The van der Waals surface area contributed by atoms with Crippen molar-refractivity contribution in [3.8, 4) is 5.75 Å². The Labute approximate surface area is 168 Å². The normalized spacial score (nSPS) is 25.0. The number of rotatable bonds is 5. The van der Waals surface area contributed by atoms with Gasteiger partial charge in [-0.1, -0.05) is 6.07 Å². The summed E-state index contributed by atoms with van der Waals surface area (Å²) in [4.78, 5) is 38.2. The molecule has 3 N–H and O–H groups in total. The van der Waals surface area contributed by atoms with Crippen LogP contribution in [0.3, 0.4) is 0 Å². The third-order valence-corrected chi connectivity index (χ3v) is 5.30. The fraction of sp³-hybridized carbons (Fsp3) is 0.550. The predicted octanol–water partition coefficient (Wildman–Crippen LogP) is 0.199. The van der Waals surface area contributed by atoms with Gasteiger partial charge in [-0.3, -0.25) is 14.4 Å². The highest BCUT2D eigenvalue weighted by atomic mass is 19.1. The number of hydrogen-bond donors (Lipinski definition) is 3. The molecule has 1 saturated heterocycles. The molecule has 1 saturated carbocycles. The molecule has 3 atom stereocenters. The van der Waals surface area contributed by atoms with Gasteiger partial charge in [0, 0.05) is 38.0 Å². The number of amides is 3. The maximum Gasteiger partial charge on any atom is 0.258 e. The predicted molar refractivity (Wildman–Crippen MR) is 101 cm³/mol. The van der Waals surface area contributed by atoms with Crippen LogP contribution in [0.2, 0.25) is 0 Å². The quantitative estimate of drug-likeness (QED) is 0.646. The largest absolute Gasteiger partial charge is 0.484 e. The number of hydrogen-bond acceptors (Lipinski definition) is 5. The van der Waals surface area contributed by atoms with Crippen molar-refractivity contribution >= 4 is 17.7 Å². The first kappa shape index (κ1) is 21.0. The zero-order valence-corrected chi connectivity index (χ0v) is 16.1. The minimum atomic E-state index is -0.746. The van der Waals surface area contributed by atoms with E-state index in [4.69, 9.17) is 4.74 Å². The summed E-state index contributed by atoms with van der Waals surface area (Å²) in [5.74, 6) is -1.11. The third-order valence-electron chi connectivity index (χ3n) is 5.30. The molecule has 3 rings (SSSR count). The number of nitrogens with one attached hydrogen (secondary N) is 2. The summed E-state index contributed by atoms with van der Waals surface area (Å²) in [5.41, 5.74) is 0. The van der Waals surface area contributed by atoms with E-state index in [-0.39, 0.29) is 36.5 Å². The Morgan fingerprint density at radius 3 is 2.93 bits per heavy atom. The van der Waals surface area contributed by atoms with E-state index in [1.165, 1.54) is 18.2 Å². The summed E-state index contributed by atoms with van der Waals surface area (Å²) >= 11 is 0. The summed E-state index contributed by atoms with van der Waals surface area (Å²) in [5, 5.41) is 15.7. The van der Waals surface area contributed by atoms with Gasteiger partial charge in [0.15, 0.2) is 6.61 Å². The lowest BCUT2D eigenvalue weighted by Crippen LogP contribution is -2.51. The molecule has 2 aliphatic rings. The fourth-order valence-electron chi connectivity index (χ4n) is 3.73. The Hall–Kier alpha value is -2.68. The van der Waals surface area contributed by atoms with Crippen LogP contribution in [0.4, 0.5) is 4.39 Å². The van der Waals surface area contributed by atoms with E-state index in [0.717, 1.165) is 0 Å². The van der Waals surface area contributed by atoms with Gasteiger partial charge in [-0.05, 0) is 31.4 Å². The van der Waals surface area contributed by atoms with Gasteiger partial charge in [-0.2, -0.15) is 0 Å². The summed E-state index contributed by atoms with van der Waals surface area (Å²) < 4.78 is 18.4. The lowest BCUT2D eigenvalue weighted by atomic mass is 9.82. The maximum absolute atomic E-state index is 13.2. The van der Waals surface area contributed by atoms with Crippen molar-refractivity contribution in [2.75, 3.05) is 26.2 Å². The molecule has 1 aromatic rings. The zero-order chi connectivity index (χ0) is 20.8. The number of carbonyl (C=O) groups excluding carboxylic acids is 3. The van der Waals surface area contributed by atoms with Crippen molar-refractivity contribution in [2.24, 2.45) is 5.92 Å². The average Bonchev–Trinajstić information content (AvgIpc) is 2.92. The van der Waals surface area contributed by atoms with E-state index in [1.54, 1.807) is 11.0 Å². The van der Waals surface area contributed by atoms with E-state index in [9.17, 15) is 23.9 Å². The number of aliphatic hydroxyl groups is 1. The second-order valence-corrected chi connectivity index (χ2v) is 7.42. The third kappa shape index (κ3) is 5.90. The number of carbonyl (C=O) groups is 3. The van der Waals surface area contributed by atoms with Crippen LogP contribution >= 0.6 is 0 Å². The molecule has 9 heteroatoms. The van der Waals surface area contributed by atoms with E-state index in [0.29, 0.717) is 38.9 Å². The van der Waals surface area contributed by atoms with E-state index < -0.39 is 23.9 Å². The Morgan fingerprint density at radius 1 is 1.31 bits per heavy atom. The first-order chi connectivity index (χ1) is 13.9. The molecular formula is C20H26FN3O5. The lowest BCUT2D eigenvalue weighted by molar-refractivity contribution is -0.138. The molecule has 0 bridgehead atoms. The average molecular weight is 407 g/mol. The highest BCUT2D eigenvalue weighted by molar-refractivity contribution is 5.82. The number of halogens is 1. The van der Waals surface area contributed by atoms with Crippen LogP contribution < -0.4 is 15.4 Å². The van der Waals surface area contributed by atoms with Crippen molar-refractivity contribution in [3.63, 3.8) is 0 Å². The summed E-state index contributed by atoms with van der Waals surface area (Å²) in [6, 6.07) is 4.92. The topological polar surface area (TPSA) is 108 Å². The second-order valence-electron chi connectivity index (χ2n) is 7.42. The van der Waals surface area contributed by atoms with Crippen LogP contribution in [-0.4, -0.2) is 66.1 Å². The van der Waals surface area contributed by atoms with Crippen molar-refractivity contribution in [1.82, 2.24) is 15.5 Å². The van der Waals surface area contributed by atoms with Crippen LogP contribution in [0.5, 0.6) is 5.75 Å². The Kier molecular flexibility index (Phi) is 7.03. The Bertz CT molecular complexity index is 759. The van der Waals surface area contributed by atoms with Crippen LogP contribution in [0.15, 0.2) is 24.3 Å². The molecule has 0 radical (unpaired) electrons. The summed E-state index contributed by atoms with van der Waals surface area (Å²) in [7, 11) is 0. The van der Waals surface area contributed by atoms with Crippen LogP contribution in [0.25, 0.3) is 0 Å². The van der Waals surface area contributed by atoms with Gasteiger partial charge in [-0.15, -0.1) is 0 Å². The number of ether oxygens (including phenoxy) is 1. The molecule has 1 aliphatic heterocycles. The molecule has 1 heterocycles. The van der Waals surface area contributed by atoms with Crippen LogP contribution in [-0.2, 0) is 14.4 Å². The number of nitrogens with zero attached hydrogens (tertiary/aromatic N) is 1. The molecule has 29 heavy (non-hydrogen) atoms. The van der Waals surface area contributed by atoms with Gasteiger partial charge in [0.25, 0.3) is 5.91 Å². The molecule has 0 aromatic heterocycles. The molecule has 2 fully saturated rings. The highest BCUT2D eigenvalue weighted by Crippen LogP contribution is 2.27. The standard InChI is InChI=1S/C20H26FN3O5/c21-14-2-1-3-15(11-14)29-12-19(27)23-16-10-13(4-5-17(16)25)20(28)24-8-6-18(26)22-7-9-24/h1-3,11,13,16-17,25H,4-10,12H2,(H,22,26)(H,23,27)/t13-,16+,17+/m0/s1. The van der Waals surface area contributed by atoms with E-state index in [1.807, 2.05) is 0 Å². The van der Waals surface area contributed by atoms with Crippen molar-refractivity contribution in [1.29, 1.82) is 0 Å². The van der Waals surface area contributed by atoms with E-state index in [2.05, 4.69) is 10.6 Å². The lowest BCUT2D eigenvalue weighted by Gasteiger charge is -2.35. The molecule has 0 spiro atoms. The Morgan fingerprint density at radius 2 is 2.14 bits per heavy atom. The molecule has 1 aromatic carbocycles. The van der Waals surface area contributed by atoms with Gasteiger partial charge in [-0.25, -0.2) is 4.39 Å². The van der Waals surface area contributed by atoms with Crippen molar-refractivity contribution in [3.05, 3.63) is 30.1 Å². The zero-order valence-electron chi connectivity index (χ0n) is 16.1. The first-order valence-electron chi connectivity index (χ1n) is 9.83. The molecule has 1 aliphatic carbocycles. The Balaban J connectivity index is 1.51. The minimum absolute atomic E-state index is 0.0522. The van der Waals surface area contributed by atoms with Crippen molar-refractivity contribution < 1.29 is 28.6 Å². The molecular weight excluding hydrogens is 381 g/mol. The molecule has 3 amide bonds. The van der Waals surface area contributed by atoms with Gasteiger partial charge in [0.1, 0.15) is 11.6 Å². The van der Waals surface area contributed by atoms with E-state index >= 15 is 0 Å². The van der Waals surface area contributed by atoms with Crippen LogP contribution in [0, 0.1) is 11.7 Å². The summed E-state index contributed by atoms with van der Waals surface area (Å²) in [6.07, 6.45) is 0.785. The van der Waals surface area contributed by atoms with Gasteiger partial charge < -0.3 is 25.4 Å². The molecule has 158 valence electrons. The maximum atomic E-state index is 13.2. The fourth-order valence-corrected chi connectivity index (χ4v) is 3.73. The highest BCUT2D eigenvalue weighted by Gasteiger charge is 2.36. The van der Waals surface area contributed by atoms with Crippen LogP contribution in [0.1, 0.15) is 25.7 Å². The second kappa shape index (κ2) is 9.69. The molecule has 8 nitrogen and oxygen atoms in total. The monoisotopic (exact) mass is 407 g/mol. The molecule has 0 unspecified atom stereocenters. The smallest absolute Gasteiger partial charge is 0.258 e. The van der Waals surface area contributed by atoms with Gasteiger partial charge in [0.05, 0.1) is 12.1 Å². The van der Waals surface area contributed by atoms with Gasteiger partial charge in [0.2, 0.25) is 11.8 Å². The summed E-state index contributed by atoms with van der Waals surface area (Å²) in [6.45, 7) is 0.951. The minimum Gasteiger partial charge on any atom is -0.484 e. The SMILES string of the molecule is O=C1CCN(C(=O)[C@H]2CC[C@@H](O)[C@H](NC(=O)COc3cccc(F)c3)C2)CCN1.